The predicted octanol–water partition coefficient (Wildman–Crippen LogP) is 0.588. The van der Waals surface area contributed by atoms with Crippen molar-refractivity contribution in [2.24, 2.45) is 5.73 Å². The number of benzene rings is 1. The molecule has 0 radical (unpaired) electrons. The number of hydrogen-bond acceptors (Lipinski definition) is 3. The molecular weight excluding hydrogens is 216 g/mol. The molecule has 0 saturated carbocycles. The first-order chi connectivity index (χ1) is 8.27. The van der Waals surface area contributed by atoms with Crippen LogP contribution in [0.25, 0.3) is 0 Å². The third-order valence-corrected chi connectivity index (χ3v) is 3.09. The van der Waals surface area contributed by atoms with Gasteiger partial charge in [0.1, 0.15) is 0 Å². The number of hydrogen-bond donors (Lipinski definition) is 1. The van der Waals surface area contributed by atoms with Gasteiger partial charge in [0.05, 0.1) is 19.1 Å². The number of primary amides is 1. The maximum atomic E-state index is 11.5. The summed E-state index contributed by atoms with van der Waals surface area (Å²) >= 11 is 0. The molecule has 17 heavy (non-hydrogen) atoms. The molecule has 2 N–H and O–H groups in total. The molecule has 0 aromatic heterocycles. The van der Waals surface area contributed by atoms with Gasteiger partial charge in [-0.2, -0.15) is 0 Å². The summed E-state index contributed by atoms with van der Waals surface area (Å²) in [6.45, 7) is 3.90. The average Bonchev–Trinajstić information content (AvgIpc) is 2.38. The van der Waals surface area contributed by atoms with Crippen molar-refractivity contribution >= 4 is 5.91 Å². The highest BCUT2D eigenvalue weighted by Crippen LogP contribution is 2.17. The highest BCUT2D eigenvalue weighted by atomic mass is 16.5. The molecule has 1 unspecified atom stereocenters. The summed E-state index contributed by atoms with van der Waals surface area (Å²) in [4.78, 5) is 13.8. The number of rotatable bonds is 4. The maximum absolute atomic E-state index is 11.5. The zero-order chi connectivity index (χ0) is 12.1. The molecule has 0 aliphatic carbocycles. The number of carbonyl (C=O) groups excluding carboxylic acids is 1. The van der Waals surface area contributed by atoms with Crippen molar-refractivity contribution in [3.8, 4) is 0 Å². The lowest BCUT2D eigenvalue weighted by Crippen LogP contribution is -2.41. The highest BCUT2D eigenvalue weighted by molar-refractivity contribution is 5.82. The standard InChI is InChI=1S/C13H18N2O2/c14-13(16)12(11-4-2-1-3-5-11)10-15-6-8-17-9-7-15/h1-5,12H,6-10H2,(H2,14,16). The van der Waals surface area contributed by atoms with E-state index >= 15 is 0 Å². The average molecular weight is 234 g/mol. The first-order valence-corrected chi connectivity index (χ1v) is 5.92. The van der Waals surface area contributed by atoms with E-state index in [4.69, 9.17) is 10.5 Å². The summed E-state index contributed by atoms with van der Waals surface area (Å²) in [5, 5.41) is 0. The molecule has 0 spiro atoms. The van der Waals surface area contributed by atoms with E-state index in [0.29, 0.717) is 6.54 Å². The van der Waals surface area contributed by atoms with Crippen LogP contribution in [0, 0.1) is 0 Å². The number of carbonyl (C=O) groups is 1. The third-order valence-electron chi connectivity index (χ3n) is 3.09. The maximum Gasteiger partial charge on any atom is 0.226 e. The molecule has 4 nitrogen and oxygen atoms in total. The molecule has 2 rings (SSSR count). The van der Waals surface area contributed by atoms with Crippen molar-refractivity contribution in [3.63, 3.8) is 0 Å². The first-order valence-electron chi connectivity index (χ1n) is 5.92. The molecule has 1 aliphatic heterocycles. The molecule has 0 bridgehead atoms. The molecule has 1 heterocycles. The Balaban J connectivity index is 2.05. The van der Waals surface area contributed by atoms with E-state index in [1.165, 1.54) is 0 Å². The summed E-state index contributed by atoms with van der Waals surface area (Å²) < 4.78 is 5.29. The Morgan fingerprint density at radius 1 is 1.29 bits per heavy atom. The molecule has 1 aliphatic rings. The summed E-state index contributed by atoms with van der Waals surface area (Å²) in [6, 6.07) is 9.72. The Bertz CT molecular complexity index is 361. The van der Waals surface area contributed by atoms with Crippen LogP contribution in [-0.4, -0.2) is 43.7 Å². The lowest BCUT2D eigenvalue weighted by atomic mass is 9.98. The smallest absolute Gasteiger partial charge is 0.226 e. The molecule has 1 saturated heterocycles. The number of nitrogens with zero attached hydrogens (tertiary/aromatic N) is 1. The van der Waals surface area contributed by atoms with Gasteiger partial charge >= 0.3 is 0 Å². The van der Waals surface area contributed by atoms with E-state index in [9.17, 15) is 4.79 Å². The Morgan fingerprint density at radius 2 is 1.94 bits per heavy atom. The van der Waals surface area contributed by atoms with E-state index in [1.807, 2.05) is 30.3 Å². The number of morpholine rings is 1. The second-order valence-electron chi connectivity index (χ2n) is 4.28. The molecule has 1 atom stereocenters. The van der Waals surface area contributed by atoms with Gasteiger partial charge in [-0.05, 0) is 5.56 Å². The second kappa shape index (κ2) is 5.80. The SMILES string of the molecule is NC(=O)C(CN1CCOCC1)c1ccccc1. The Morgan fingerprint density at radius 3 is 2.53 bits per heavy atom. The fraction of sp³-hybridized carbons (Fsp3) is 0.462. The molecule has 4 heteroatoms. The van der Waals surface area contributed by atoms with Gasteiger partial charge in [-0.25, -0.2) is 0 Å². The minimum atomic E-state index is -0.261. The fourth-order valence-electron chi connectivity index (χ4n) is 2.09. The van der Waals surface area contributed by atoms with Crippen molar-refractivity contribution in [3.05, 3.63) is 35.9 Å². The van der Waals surface area contributed by atoms with E-state index < -0.39 is 0 Å². The molecule has 1 aromatic carbocycles. The zero-order valence-corrected chi connectivity index (χ0v) is 9.84. The molecular formula is C13H18N2O2. The summed E-state index contributed by atoms with van der Waals surface area (Å²) in [7, 11) is 0. The first kappa shape index (κ1) is 12.1. The van der Waals surface area contributed by atoms with Gasteiger partial charge in [-0.15, -0.1) is 0 Å². The van der Waals surface area contributed by atoms with Gasteiger partial charge in [-0.3, -0.25) is 9.69 Å². The van der Waals surface area contributed by atoms with Crippen LogP contribution in [0.5, 0.6) is 0 Å². The largest absolute Gasteiger partial charge is 0.379 e. The molecule has 1 amide bonds. The normalized spacial score (nSPS) is 18.8. The van der Waals surface area contributed by atoms with Crippen molar-refractivity contribution in [2.45, 2.75) is 5.92 Å². The van der Waals surface area contributed by atoms with Crippen LogP contribution in [-0.2, 0) is 9.53 Å². The predicted molar refractivity (Wildman–Crippen MR) is 65.6 cm³/mol. The van der Waals surface area contributed by atoms with Gasteiger partial charge in [0.15, 0.2) is 0 Å². The summed E-state index contributed by atoms with van der Waals surface area (Å²) in [5.74, 6) is -0.489. The second-order valence-corrected chi connectivity index (χ2v) is 4.28. The number of amides is 1. The molecule has 92 valence electrons. The van der Waals surface area contributed by atoms with E-state index in [0.717, 1.165) is 31.9 Å². The van der Waals surface area contributed by atoms with E-state index in [2.05, 4.69) is 4.90 Å². The zero-order valence-electron chi connectivity index (χ0n) is 9.84. The Hall–Kier alpha value is -1.39. The van der Waals surface area contributed by atoms with Gasteiger partial charge in [0, 0.05) is 19.6 Å². The minimum absolute atomic E-state index is 0.228. The van der Waals surface area contributed by atoms with Crippen LogP contribution in [0.1, 0.15) is 11.5 Å². The van der Waals surface area contributed by atoms with Crippen LogP contribution < -0.4 is 5.73 Å². The van der Waals surface area contributed by atoms with Crippen LogP contribution in [0.15, 0.2) is 30.3 Å². The van der Waals surface area contributed by atoms with Gasteiger partial charge in [0.2, 0.25) is 5.91 Å². The monoisotopic (exact) mass is 234 g/mol. The minimum Gasteiger partial charge on any atom is -0.379 e. The lowest BCUT2D eigenvalue weighted by Gasteiger charge is -2.29. The number of ether oxygens (including phenoxy) is 1. The lowest BCUT2D eigenvalue weighted by molar-refractivity contribution is -0.120. The highest BCUT2D eigenvalue weighted by Gasteiger charge is 2.22. The van der Waals surface area contributed by atoms with Crippen LogP contribution in [0.3, 0.4) is 0 Å². The van der Waals surface area contributed by atoms with Crippen LogP contribution in [0.4, 0.5) is 0 Å². The topological polar surface area (TPSA) is 55.6 Å². The van der Waals surface area contributed by atoms with Crippen molar-refractivity contribution in [2.75, 3.05) is 32.8 Å². The molecule has 1 aromatic rings. The van der Waals surface area contributed by atoms with Gasteiger partial charge in [0.25, 0.3) is 0 Å². The Kier molecular flexibility index (Phi) is 4.12. The summed E-state index contributed by atoms with van der Waals surface area (Å²) in [6.07, 6.45) is 0. The van der Waals surface area contributed by atoms with E-state index in [-0.39, 0.29) is 11.8 Å². The third kappa shape index (κ3) is 3.28. The van der Waals surface area contributed by atoms with Gasteiger partial charge < -0.3 is 10.5 Å². The quantitative estimate of drug-likeness (QED) is 0.829. The van der Waals surface area contributed by atoms with Crippen molar-refractivity contribution in [1.82, 2.24) is 4.90 Å². The van der Waals surface area contributed by atoms with Crippen molar-refractivity contribution in [1.29, 1.82) is 0 Å². The summed E-state index contributed by atoms with van der Waals surface area (Å²) in [5.41, 5.74) is 6.48. The Labute approximate surface area is 101 Å². The van der Waals surface area contributed by atoms with Gasteiger partial charge in [-0.1, -0.05) is 30.3 Å². The van der Waals surface area contributed by atoms with Crippen LogP contribution >= 0.6 is 0 Å². The fourth-order valence-corrected chi connectivity index (χ4v) is 2.09. The molecule has 1 fully saturated rings. The van der Waals surface area contributed by atoms with Crippen LogP contribution in [0.2, 0.25) is 0 Å². The van der Waals surface area contributed by atoms with Crippen molar-refractivity contribution < 1.29 is 9.53 Å². The van der Waals surface area contributed by atoms with E-state index in [1.54, 1.807) is 0 Å². The number of nitrogens with two attached hydrogens (primary N) is 1.